The minimum absolute atomic E-state index is 0.103. The topological polar surface area (TPSA) is 98.2 Å². The number of methoxy groups -OCH3 is 2. The molecule has 4 rings (SSSR count). The molecule has 9 heteroatoms. The van der Waals surface area contributed by atoms with Crippen molar-refractivity contribution in [2.24, 2.45) is 0 Å². The van der Waals surface area contributed by atoms with Crippen LogP contribution < -0.4 is 15.0 Å². The average molecular weight is 455 g/mol. The van der Waals surface area contributed by atoms with Crippen molar-refractivity contribution in [3.63, 3.8) is 0 Å². The average Bonchev–Trinajstić information content (AvgIpc) is 3.20. The number of rotatable bonds is 4. The highest BCUT2D eigenvalue weighted by atomic mass is 16.6. The highest BCUT2D eigenvalue weighted by Crippen LogP contribution is 2.35. The number of nitrogens with one attached hydrogen (secondary N) is 1. The first-order valence-electron chi connectivity index (χ1n) is 11.0. The lowest BCUT2D eigenvalue weighted by atomic mass is 9.93. The van der Waals surface area contributed by atoms with Crippen LogP contribution in [-0.2, 0) is 4.74 Å². The van der Waals surface area contributed by atoms with Gasteiger partial charge in [-0.05, 0) is 51.3 Å². The Morgan fingerprint density at radius 2 is 1.79 bits per heavy atom. The molecule has 0 radical (unpaired) electrons. The quantitative estimate of drug-likeness (QED) is 0.644. The van der Waals surface area contributed by atoms with Gasteiger partial charge < -0.3 is 24.1 Å². The van der Waals surface area contributed by atoms with Crippen molar-refractivity contribution < 1.29 is 19.0 Å². The fourth-order valence-electron chi connectivity index (χ4n) is 4.20. The minimum Gasteiger partial charge on any atom is -0.493 e. The van der Waals surface area contributed by atoms with E-state index in [2.05, 4.69) is 10.1 Å². The number of fused-ring (bicyclic) bond motifs is 1. The van der Waals surface area contributed by atoms with Crippen molar-refractivity contribution in [3.05, 3.63) is 46.5 Å². The predicted octanol–water partition coefficient (Wildman–Crippen LogP) is 3.82. The Morgan fingerprint density at radius 1 is 1.09 bits per heavy atom. The Morgan fingerprint density at radius 3 is 2.42 bits per heavy atom. The van der Waals surface area contributed by atoms with Crippen LogP contribution in [0, 0.1) is 0 Å². The molecular formula is C24H30N4O5. The second kappa shape index (κ2) is 8.80. The molecule has 33 heavy (non-hydrogen) atoms. The summed E-state index contributed by atoms with van der Waals surface area (Å²) in [5.74, 6) is 1.33. The van der Waals surface area contributed by atoms with Gasteiger partial charge in [-0.1, -0.05) is 6.07 Å². The van der Waals surface area contributed by atoms with E-state index < -0.39 is 5.60 Å². The number of benzene rings is 1. The first kappa shape index (κ1) is 22.7. The molecule has 0 aliphatic carbocycles. The van der Waals surface area contributed by atoms with E-state index in [1.54, 1.807) is 35.9 Å². The number of nitrogens with zero attached hydrogens (tertiary/aromatic N) is 3. The number of H-pyrrole nitrogens is 1. The number of likely N-dealkylation sites (tertiary alicyclic amines) is 1. The Hall–Kier alpha value is -3.49. The molecule has 1 saturated heterocycles. The zero-order chi connectivity index (χ0) is 23.8. The molecule has 0 saturated carbocycles. The normalized spacial score (nSPS) is 15.0. The number of hydrogen-bond donors (Lipinski definition) is 1. The molecule has 9 nitrogen and oxygen atoms in total. The van der Waals surface area contributed by atoms with Crippen LogP contribution in [0.25, 0.3) is 16.8 Å². The van der Waals surface area contributed by atoms with Crippen molar-refractivity contribution in [1.29, 1.82) is 0 Å². The van der Waals surface area contributed by atoms with Gasteiger partial charge in [-0.2, -0.15) is 5.10 Å². The highest BCUT2D eigenvalue weighted by molar-refractivity contribution is 5.78. The summed E-state index contributed by atoms with van der Waals surface area (Å²) < 4.78 is 18.0. The third-order valence-electron chi connectivity index (χ3n) is 5.79. The summed E-state index contributed by atoms with van der Waals surface area (Å²) in [5.41, 5.74) is 2.40. The first-order valence-corrected chi connectivity index (χ1v) is 11.0. The molecule has 3 heterocycles. The maximum Gasteiger partial charge on any atom is 0.410 e. The standard InChI is InChI=1S/C24H30N4O5/c1-24(2,3)33-23(30)27-10-8-15(9-11-27)18-13-21(29)26-22-17(14-25-28(18)22)16-6-7-19(31-4)20(12-16)32-5/h6-7,12-15H,8-11H2,1-5H3,(H,26,29). The number of amides is 1. The fourth-order valence-corrected chi connectivity index (χ4v) is 4.20. The van der Waals surface area contributed by atoms with Gasteiger partial charge in [0, 0.05) is 30.6 Å². The summed E-state index contributed by atoms with van der Waals surface area (Å²) in [6.45, 7) is 6.71. The summed E-state index contributed by atoms with van der Waals surface area (Å²) >= 11 is 0. The number of carbonyl (C=O) groups is 1. The number of carbonyl (C=O) groups excluding carboxylic acids is 1. The van der Waals surface area contributed by atoms with Crippen LogP contribution in [0.4, 0.5) is 4.79 Å². The zero-order valence-electron chi connectivity index (χ0n) is 19.7. The zero-order valence-corrected chi connectivity index (χ0v) is 19.7. The lowest BCUT2D eigenvalue weighted by Crippen LogP contribution is -2.41. The second-order valence-corrected chi connectivity index (χ2v) is 9.19. The first-order chi connectivity index (χ1) is 15.7. The molecule has 1 aliphatic heterocycles. The van der Waals surface area contributed by atoms with Crippen LogP contribution in [-0.4, -0.2) is 58.5 Å². The Labute approximate surface area is 192 Å². The summed E-state index contributed by atoms with van der Waals surface area (Å²) in [6, 6.07) is 7.20. The van der Waals surface area contributed by atoms with Gasteiger partial charge in [0.05, 0.1) is 26.1 Å². The van der Waals surface area contributed by atoms with E-state index in [9.17, 15) is 9.59 Å². The molecular weight excluding hydrogens is 424 g/mol. The van der Waals surface area contributed by atoms with Gasteiger partial charge >= 0.3 is 6.09 Å². The Balaban J connectivity index is 1.62. The monoisotopic (exact) mass is 454 g/mol. The van der Waals surface area contributed by atoms with Crippen LogP contribution in [0.3, 0.4) is 0 Å². The molecule has 2 aromatic heterocycles. The van der Waals surface area contributed by atoms with Gasteiger partial charge in [-0.25, -0.2) is 9.31 Å². The molecule has 0 unspecified atom stereocenters. The second-order valence-electron chi connectivity index (χ2n) is 9.19. The largest absolute Gasteiger partial charge is 0.493 e. The van der Waals surface area contributed by atoms with Gasteiger partial charge in [0.15, 0.2) is 11.5 Å². The van der Waals surface area contributed by atoms with Gasteiger partial charge in [0.2, 0.25) is 0 Å². The molecule has 1 aliphatic rings. The molecule has 176 valence electrons. The lowest BCUT2D eigenvalue weighted by Gasteiger charge is -2.33. The maximum atomic E-state index is 12.6. The third kappa shape index (κ3) is 4.67. The molecule has 1 fully saturated rings. The third-order valence-corrected chi connectivity index (χ3v) is 5.79. The molecule has 1 amide bonds. The minimum atomic E-state index is -0.525. The number of ether oxygens (including phenoxy) is 3. The van der Waals surface area contributed by atoms with E-state index in [-0.39, 0.29) is 17.6 Å². The molecule has 1 aromatic carbocycles. The molecule has 1 N–H and O–H groups in total. The smallest absolute Gasteiger partial charge is 0.410 e. The Bertz CT molecular complexity index is 1220. The summed E-state index contributed by atoms with van der Waals surface area (Å²) in [5, 5.41) is 4.58. The number of piperidine rings is 1. The van der Waals surface area contributed by atoms with Crippen molar-refractivity contribution in [2.45, 2.75) is 45.1 Å². The molecule has 3 aromatic rings. The van der Waals surface area contributed by atoms with Crippen molar-refractivity contribution in [3.8, 4) is 22.6 Å². The van der Waals surface area contributed by atoms with E-state index in [0.29, 0.717) is 30.2 Å². The van der Waals surface area contributed by atoms with Crippen molar-refractivity contribution in [1.82, 2.24) is 19.5 Å². The fraction of sp³-hybridized carbons (Fsp3) is 0.458. The van der Waals surface area contributed by atoms with E-state index in [1.165, 1.54) is 0 Å². The summed E-state index contributed by atoms with van der Waals surface area (Å²) in [6.07, 6.45) is 2.89. The van der Waals surface area contributed by atoms with E-state index in [4.69, 9.17) is 14.2 Å². The molecule has 0 bridgehead atoms. The maximum absolute atomic E-state index is 12.6. The van der Waals surface area contributed by atoms with Crippen molar-refractivity contribution in [2.75, 3.05) is 27.3 Å². The van der Waals surface area contributed by atoms with Gasteiger partial charge in [-0.15, -0.1) is 0 Å². The van der Waals surface area contributed by atoms with Crippen molar-refractivity contribution >= 4 is 11.7 Å². The van der Waals surface area contributed by atoms with E-state index in [0.717, 1.165) is 29.7 Å². The number of aromatic amines is 1. The number of aromatic nitrogens is 3. The Kier molecular flexibility index (Phi) is 6.05. The predicted molar refractivity (Wildman–Crippen MR) is 124 cm³/mol. The lowest BCUT2D eigenvalue weighted by molar-refractivity contribution is 0.0203. The van der Waals surface area contributed by atoms with Crippen LogP contribution in [0.15, 0.2) is 35.3 Å². The van der Waals surface area contributed by atoms with Crippen LogP contribution in [0.2, 0.25) is 0 Å². The van der Waals surface area contributed by atoms with Gasteiger partial charge in [0.25, 0.3) is 5.56 Å². The van der Waals surface area contributed by atoms with E-state index >= 15 is 0 Å². The summed E-state index contributed by atoms with van der Waals surface area (Å²) in [4.78, 5) is 29.6. The van der Waals surface area contributed by atoms with Crippen LogP contribution in [0.1, 0.15) is 45.2 Å². The molecule has 0 spiro atoms. The van der Waals surface area contributed by atoms with Gasteiger partial charge in [0.1, 0.15) is 11.2 Å². The van der Waals surface area contributed by atoms with E-state index in [1.807, 2.05) is 39.0 Å². The molecule has 0 atom stereocenters. The van der Waals surface area contributed by atoms with Crippen LogP contribution >= 0.6 is 0 Å². The summed E-state index contributed by atoms with van der Waals surface area (Å²) in [7, 11) is 3.17. The highest BCUT2D eigenvalue weighted by Gasteiger charge is 2.29. The SMILES string of the molecule is COc1ccc(-c2cnn3c(C4CCN(C(=O)OC(C)(C)C)CC4)cc(=O)[nH]c23)cc1OC. The van der Waals surface area contributed by atoms with Crippen LogP contribution in [0.5, 0.6) is 11.5 Å². The van der Waals surface area contributed by atoms with Gasteiger partial charge in [-0.3, -0.25) is 4.79 Å². The number of hydrogen-bond acceptors (Lipinski definition) is 6.